The van der Waals surface area contributed by atoms with Crippen LogP contribution in [0.5, 0.6) is 5.88 Å². The number of hydrogen-bond acceptors (Lipinski definition) is 9. The molecule has 3 aliphatic rings. The summed E-state index contributed by atoms with van der Waals surface area (Å²) < 4.78 is 35.9. The second kappa shape index (κ2) is 15.2. The Balaban J connectivity index is 0.00000481. The summed E-state index contributed by atoms with van der Waals surface area (Å²) in [6, 6.07) is 19.7. The van der Waals surface area contributed by atoms with Crippen LogP contribution in [0.2, 0.25) is 0 Å². The Kier molecular flexibility index (Phi) is 11.1. The molecule has 11 nitrogen and oxygen atoms in total. The fourth-order valence-corrected chi connectivity index (χ4v) is 9.08. The van der Waals surface area contributed by atoms with Crippen LogP contribution in [-0.2, 0) is 10.0 Å². The maximum absolute atomic E-state index is 13.5. The van der Waals surface area contributed by atoms with Crippen molar-refractivity contribution < 1.29 is 23.1 Å². The highest BCUT2D eigenvalue weighted by atomic mass is 35.5. The van der Waals surface area contributed by atoms with Crippen LogP contribution in [0.4, 0.5) is 11.8 Å². The second-order valence-corrected chi connectivity index (χ2v) is 17.0. The fourth-order valence-electron chi connectivity index (χ4n) is 8.09. The van der Waals surface area contributed by atoms with Gasteiger partial charge in [0.15, 0.2) is 0 Å². The van der Waals surface area contributed by atoms with Crippen molar-refractivity contribution in [1.82, 2.24) is 20.3 Å². The molecule has 0 radical (unpaired) electrons. The third-order valence-electron chi connectivity index (χ3n) is 11.4. The van der Waals surface area contributed by atoms with Crippen molar-refractivity contribution in [2.24, 2.45) is 17.3 Å². The van der Waals surface area contributed by atoms with Gasteiger partial charge in [0.2, 0.25) is 11.8 Å². The van der Waals surface area contributed by atoms with E-state index in [2.05, 4.69) is 64.0 Å². The lowest BCUT2D eigenvalue weighted by Gasteiger charge is -2.43. The van der Waals surface area contributed by atoms with Gasteiger partial charge in [0.25, 0.3) is 10.0 Å². The topological polar surface area (TPSA) is 147 Å². The molecule has 282 valence electrons. The highest BCUT2D eigenvalue weighted by Crippen LogP contribution is 2.61. The van der Waals surface area contributed by atoms with Crippen molar-refractivity contribution >= 4 is 40.2 Å². The van der Waals surface area contributed by atoms with Crippen molar-refractivity contribution in [1.29, 1.82) is 0 Å². The molecule has 0 amide bonds. The molecule has 2 aromatic carbocycles. The van der Waals surface area contributed by atoms with E-state index in [1.807, 2.05) is 32.0 Å². The first kappa shape index (κ1) is 38.5. The molecule has 4 aromatic rings. The van der Waals surface area contributed by atoms with Crippen molar-refractivity contribution in [2.75, 3.05) is 23.3 Å². The fraction of sp³-hybridized carbons (Fsp3) is 0.450. The van der Waals surface area contributed by atoms with E-state index in [0.717, 1.165) is 47.1 Å². The molecule has 3 unspecified atom stereocenters. The van der Waals surface area contributed by atoms with E-state index >= 15 is 0 Å². The summed E-state index contributed by atoms with van der Waals surface area (Å²) >= 11 is 0. The van der Waals surface area contributed by atoms with E-state index in [0.29, 0.717) is 35.6 Å². The van der Waals surface area contributed by atoms with Crippen LogP contribution in [0, 0.1) is 31.1 Å². The summed E-state index contributed by atoms with van der Waals surface area (Å²) in [6.45, 7) is 8.72. The number of carboxylic acids is 1. The second-order valence-electron chi connectivity index (χ2n) is 15.3. The number of benzene rings is 2. The van der Waals surface area contributed by atoms with Gasteiger partial charge in [0, 0.05) is 36.8 Å². The van der Waals surface area contributed by atoms with Gasteiger partial charge in [-0.1, -0.05) is 44.2 Å². The molecule has 0 bridgehead atoms. The Morgan fingerprint density at radius 2 is 1.70 bits per heavy atom. The first-order chi connectivity index (χ1) is 24.8. The van der Waals surface area contributed by atoms with Gasteiger partial charge in [-0.3, -0.25) is 0 Å². The summed E-state index contributed by atoms with van der Waals surface area (Å²) in [5.41, 5.74) is 4.81. The SMILES string of the molecule is Cc1cccc(C)c1-c1cc(OCC2NC(c3cccc(N(C)C4CC5(CC5)C4)n3)CCC2C(C)C)nc(NS(=O)(=O)c2cccc(C(=O)O)c2)n1.Cl. The minimum absolute atomic E-state index is 0. The first-order valence-electron chi connectivity index (χ1n) is 18.2. The molecule has 2 aliphatic carbocycles. The number of nitrogens with zero attached hydrogens (tertiary/aromatic N) is 4. The normalized spacial score (nSPS) is 20.7. The molecule has 3 N–H and O–H groups in total. The van der Waals surface area contributed by atoms with E-state index < -0.39 is 16.0 Å². The molecule has 53 heavy (non-hydrogen) atoms. The number of halogens is 1. The van der Waals surface area contributed by atoms with E-state index in [4.69, 9.17) is 9.72 Å². The number of carbonyl (C=O) groups is 1. The largest absolute Gasteiger partial charge is 0.478 e. The molecule has 1 aliphatic heterocycles. The van der Waals surface area contributed by atoms with Crippen molar-refractivity contribution in [3.05, 3.63) is 89.1 Å². The predicted octanol–water partition coefficient (Wildman–Crippen LogP) is 7.60. The molecule has 1 spiro atoms. The maximum atomic E-state index is 13.5. The van der Waals surface area contributed by atoms with Crippen LogP contribution in [0.15, 0.2) is 71.6 Å². The van der Waals surface area contributed by atoms with Crippen molar-refractivity contribution in [2.45, 2.75) is 89.2 Å². The number of aryl methyl sites for hydroxylation is 2. The molecule has 13 heteroatoms. The smallest absolute Gasteiger partial charge is 0.335 e. The van der Waals surface area contributed by atoms with Gasteiger partial charge in [-0.25, -0.2) is 27.9 Å². The number of nitrogens with one attached hydrogen (secondary N) is 2. The lowest BCUT2D eigenvalue weighted by molar-refractivity contribution is 0.0696. The van der Waals surface area contributed by atoms with Gasteiger partial charge in [-0.05, 0) is 111 Å². The number of aromatic nitrogens is 3. The third-order valence-corrected chi connectivity index (χ3v) is 12.7. The van der Waals surface area contributed by atoms with E-state index in [1.165, 1.54) is 43.9 Å². The molecule has 1 saturated heterocycles. The lowest BCUT2D eigenvalue weighted by atomic mass is 9.76. The van der Waals surface area contributed by atoms with Crippen LogP contribution in [-0.4, -0.2) is 60.2 Å². The zero-order valence-corrected chi connectivity index (χ0v) is 32.5. The number of aromatic carboxylic acids is 1. The number of pyridine rings is 1. The molecule has 2 saturated carbocycles. The number of carboxylic acid groups (broad SMARTS) is 1. The number of anilines is 2. The summed E-state index contributed by atoms with van der Waals surface area (Å²) in [6.07, 6.45) is 7.25. The minimum Gasteiger partial charge on any atom is -0.478 e. The monoisotopic (exact) mass is 760 g/mol. The highest BCUT2D eigenvalue weighted by molar-refractivity contribution is 7.92. The van der Waals surface area contributed by atoms with Crippen LogP contribution >= 0.6 is 12.4 Å². The molecule has 3 atom stereocenters. The highest BCUT2D eigenvalue weighted by Gasteiger charge is 2.54. The van der Waals surface area contributed by atoms with Crippen LogP contribution in [0.3, 0.4) is 0 Å². The molecular formula is C40H49ClN6O5S. The van der Waals surface area contributed by atoms with Crippen LogP contribution < -0.4 is 19.7 Å². The van der Waals surface area contributed by atoms with E-state index in [-0.39, 0.29) is 46.8 Å². The third kappa shape index (κ3) is 8.29. The lowest BCUT2D eigenvalue weighted by Crippen LogP contribution is -2.49. The minimum atomic E-state index is -4.23. The van der Waals surface area contributed by atoms with Gasteiger partial charge < -0.3 is 20.1 Å². The number of sulfonamides is 1. The molecule has 3 heterocycles. The number of rotatable bonds is 12. The standard InChI is InChI=1S/C40H48N6O5S.ClH/c1-24(2)30-15-16-32(31-13-8-14-35(42-31)46(5)28-21-40(22-28)17-18-40)41-34(30)23-51-36-20-33(37-25(3)9-6-10-26(37)4)43-39(44-36)45-52(49,50)29-12-7-11-27(19-29)38(47)48;/h6-14,19-20,24,28,30,32,34,41H,15-18,21-23H2,1-5H3,(H,47,48)(H,43,44,45);1H. The molecule has 3 fully saturated rings. The van der Waals surface area contributed by atoms with Crippen LogP contribution in [0.25, 0.3) is 11.3 Å². The quantitative estimate of drug-likeness (QED) is 0.132. The van der Waals surface area contributed by atoms with E-state index in [9.17, 15) is 18.3 Å². The Hall–Kier alpha value is -4.26. The maximum Gasteiger partial charge on any atom is 0.335 e. The summed E-state index contributed by atoms with van der Waals surface area (Å²) in [7, 11) is -2.06. The summed E-state index contributed by atoms with van der Waals surface area (Å²) in [4.78, 5) is 28.0. The predicted molar refractivity (Wildman–Crippen MR) is 208 cm³/mol. The Bertz CT molecular complexity index is 2060. The zero-order chi connectivity index (χ0) is 36.8. The van der Waals surface area contributed by atoms with Crippen molar-refractivity contribution in [3.63, 3.8) is 0 Å². The number of hydrogen-bond donors (Lipinski definition) is 3. The number of ether oxygens (including phenoxy) is 1. The Morgan fingerprint density at radius 1 is 1.00 bits per heavy atom. The van der Waals surface area contributed by atoms with Crippen LogP contribution in [0.1, 0.15) is 85.6 Å². The van der Waals surface area contributed by atoms with Gasteiger partial charge in [-0.2, -0.15) is 4.98 Å². The van der Waals surface area contributed by atoms with Gasteiger partial charge in [0.1, 0.15) is 12.4 Å². The first-order valence-corrected chi connectivity index (χ1v) is 19.7. The summed E-state index contributed by atoms with van der Waals surface area (Å²) in [5.74, 6) is 0.590. The Labute approximate surface area is 318 Å². The van der Waals surface area contributed by atoms with Crippen molar-refractivity contribution in [3.8, 4) is 17.1 Å². The van der Waals surface area contributed by atoms with E-state index in [1.54, 1.807) is 6.07 Å². The Morgan fingerprint density at radius 3 is 2.38 bits per heavy atom. The van der Waals surface area contributed by atoms with Gasteiger partial charge >= 0.3 is 5.97 Å². The number of piperidine rings is 1. The van der Waals surface area contributed by atoms with Gasteiger partial charge in [-0.15, -0.1) is 12.4 Å². The zero-order valence-electron chi connectivity index (χ0n) is 30.9. The molecule has 2 aromatic heterocycles. The molecular weight excluding hydrogens is 712 g/mol. The molecule has 7 rings (SSSR count). The average molecular weight is 761 g/mol. The average Bonchev–Trinajstić information content (AvgIpc) is 3.91. The van der Waals surface area contributed by atoms with Gasteiger partial charge in [0.05, 0.1) is 21.8 Å². The summed E-state index contributed by atoms with van der Waals surface area (Å²) in [5, 5.41) is 13.3.